The van der Waals surface area contributed by atoms with Crippen LogP contribution in [0.15, 0.2) is 6.20 Å². The van der Waals surface area contributed by atoms with Crippen LogP contribution in [0.2, 0.25) is 0 Å². The van der Waals surface area contributed by atoms with Crippen LogP contribution >= 0.6 is 0 Å². The van der Waals surface area contributed by atoms with Gasteiger partial charge < -0.3 is 14.6 Å². The first-order chi connectivity index (χ1) is 10.1. The van der Waals surface area contributed by atoms with Gasteiger partial charge in [0.2, 0.25) is 0 Å². The molecule has 0 aromatic carbocycles. The Morgan fingerprint density at radius 1 is 1.33 bits per heavy atom. The van der Waals surface area contributed by atoms with Crippen LogP contribution in [-0.2, 0) is 4.74 Å². The van der Waals surface area contributed by atoms with E-state index >= 15 is 0 Å². The van der Waals surface area contributed by atoms with Gasteiger partial charge >= 0.3 is 0 Å². The van der Waals surface area contributed by atoms with E-state index in [1.165, 1.54) is 6.42 Å². The van der Waals surface area contributed by atoms with Gasteiger partial charge in [-0.15, -0.1) is 0 Å². The molecule has 1 aromatic rings. The van der Waals surface area contributed by atoms with Crippen molar-refractivity contribution in [2.45, 2.75) is 70.6 Å². The molecule has 1 aliphatic carbocycles. The van der Waals surface area contributed by atoms with E-state index < -0.39 is 11.7 Å². The maximum atomic E-state index is 11.1. The SMILES string of the molecule is CCOC1(C(O)c2c(OC)cnn2C(C)C)CCCCC1. The van der Waals surface area contributed by atoms with E-state index in [2.05, 4.69) is 18.9 Å². The number of hydrogen-bond donors (Lipinski definition) is 1. The largest absolute Gasteiger partial charge is 0.493 e. The molecule has 1 aromatic heterocycles. The van der Waals surface area contributed by atoms with Crippen molar-refractivity contribution in [2.24, 2.45) is 0 Å². The lowest BCUT2D eigenvalue weighted by Gasteiger charge is -2.41. The fraction of sp³-hybridized carbons (Fsp3) is 0.812. The minimum atomic E-state index is -0.711. The highest BCUT2D eigenvalue weighted by Crippen LogP contribution is 2.44. The highest BCUT2D eigenvalue weighted by molar-refractivity contribution is 5.30. The first-order valence-corrected chi connectivity index (χ1v) is 7.99. The van der Waals surface area contributed by atoms with Gasteiger partial charge in [-0.3, -0.25) is 4.68 Å². The molecule has 0 bridgehead atoms. The minimum Gasteiger partial charge on any atom is -0.493 e. The molecule has 0 saturated heterocycles. The number of methoxy groups -OCH3 is 1. The quantitative estimate of drug-likeness (QED) is 0.875. The second-order valence-corrected chi connectivity index (χ2v) is 6.10. The molecule has 0 radical (unpaired) electrons. The highest BCUT2D eigenvalue weighted by Gasteiger charge is 2.43. The molecule has 5 heteroatoms. The summed E-state index contributed by atoms with van der Waals surface area (Å²) >= 11 is 0. The predicted octanol–water partition coefficient (Wildman–Crippen LogP) is 3.25. The van der Waals surface area contributed by atoms with Crippen LogP contribution in [-0.4, -0.2) is 34.2 Å². The lowest BCUT2D eigenvalue weighted by Crippen LogP contribution is -2.42. The number of hydrogen-bond acceptors (Lipinski definition) is 4. The number of nitrogens with zero attached hydrogens (tertiary/aromatic N) is 2. The molecule has 1 atom stereocenters. The monoisotopic (exact) mass is 296 g/mol. The molecule has 5 nitrogen and oxygen atoms in total. The van der Waals surface area contributed by atoms with Crippen LogP contribution < -0.4 is 4.74 Å². The van der Waals surface area contributed by atoms with Gasteiger partial charge in [0.1, 0.15) is 11.8 Å². The van der Waals surface area contributed by atoms with E-state index in [9.17, 15) is 5.11 Å². The van der Waals surface area contributed by atoms with E-state index in [-0.39, 0.29) is 6.04 Å². The zero-order chi connectivity index (χ0) is 15.5. The molecule has 0 amide bonds. The standard InChI is InChI=1S/C16H28N2O3/c1-5-21-16(9-7-6-8-10-16)15(19)14-13(20-4)11-17-18(14)12(2)3/h11-12,15,19H,5-10H2,1-4H3. The molecule has 0 aliphatic heterocycles. The second-order valence-electron chi connectivity index (χ2n) is 6.10. The second kappa shape index (κ2) is 6.79. The van der Waals surface area contributed by atoms with Crippen molar-refractivity contribution in [1.82, 2.24) is 9.78 Å². The van der Waals surface area contributed by atoms with Gasteiger partial charge in [0.05, 0.1) is 18.9 Å². The molecular weight excluding hydrogens is 268 g/mol. The van der Waals surface area contributed by atoms with E-state index in [0.29, 0.717) is 12.4 Å². The highest BCUT2D eigenvalue weighted by atomic mass is 16.5. The summed E-state index contributed by atoms with van der Waals surface area (Å²) in [6, 6.07) is 0.167. The Kier molecular flexibility index (Phi) is 5.27. The van der Waals surface area contributed by atoms with Crippen LogP contribution in [0, 0.1) is 0 Å². The zero-order valence-electron chi connectivity index (χ0n) is 13.6. The summed E-state index contributed by atoms with van der Waals surface area (Å²) in [7, 11) is 1.62. The summed E-state index contributed by atoms with van der Waals surface area (Å²) in [5.74, 6) is 0.640. The normalized spacial score (nSPS) is 19.7. The third-order valence-corrected chi connectivity index (χ3v) is 4.40. The maximum Gasteiger partial charge on any atom is 0.162 e. The van der Waals surface area contributed by atoms with Crippen molar-refractivity contribution in [2.75, 3.05) is 13.7 Å². The smallest absolute Gasteiger partial charge is 0.162 e. The van der Waals surface area contributed by atoms with Gasteiger partial charge in [0.25, 0.3) is 0 Å². The Balaban J connectivity index is 2.40. The van der Waals surface area contributed by atoms with Gasteiger partial charge in [-0.05, 0) is 33.6 Å². The molecule has 1 aliphatic rings. The van der Waals surface area contributed by atoms with Gasteiger partial charge in [0, 0.05) is 12.6 Å². The van der Waals surface area contributed by atoms with Crippen LogP contribution in [0.5, 0.6) is 5.75 Å². The third kappa shape index (κ3) is 3.09. The molecule has 0 spiro atoms. The lowest BCUT2D eigenvalue weighted by atomic mass is 9.79. The third-order valence-electron chi connectivity index (χ3n) is 4.40. The summed E-state index contributed by atoms with van der Waals surface area (Å²) in [5.41, 5.74) is 0.232. The molecule has 1 unspecified atom stereocenters. The summed E-state index contributed by atoms with van der Waals surface area (Å²) in [5, 5.41) is 15.5. The minimum absolute atomic E-state index is 0.167. The summed E-state index contributed by atoms with van der Waals surface area (Å²) < 4.78 is 13.3. The fourth-order valence-electron chi connectivity index (χ4n) is 3.37. The van der Waals surface area contributed by atoms with Gasteiger partial charge in [-0.2, -0.15) is 5.10 Å². The Bertz CT molecular complexity index is 445. The number of aliphatic hydroxyl groups excluding tert-OH is 1. The Morgan fingerprint density at radius 3 is 2.52 bits per heavy atom. The predicted molar refractivity (Wildman–Crippen MR) is 81.6 cm³/mol. The number of aliphatic hydroxyl groups is 1. The Morgan fingerprint density at radius 2 is 2.00 bits per heavy atom. The number of ether oxygens (including phenoxy) is 2. The van der Waals surface area contributed by atoms with Crippen molar-refractivity contribution in [1.29, 1.82) is 0 Å². The maximum absolute atomic E-state index is 11.1. The lowest BCUT2D eigenvalue weighted by molar-refractivity contribution is -0.144. The van der Waals surface area contributed by atoms with Crippen molar-refractivity contribution >= 4 is 0 Å². The van der Waals surface area contributed by atoms with Crippen LogP contribution in [0.4, 0.5) is 0 Å². The first-order valence-electron chi connectivity index (χ1n) is 7.99. The van der Waals surface area contributed by atoms with Gasteiger partial charge in [-0.25, -0.2) is 0 Å². The summed E-state index contributed by atoms with van der Waals surface area (Å²) in [4.78, 5) is 0. The molecule has 120 valence electrons. The Labute approximate surface area is 127 Å². The van der Waals surface area contributed by atoms with Crippen LogP contribution in [0.3, 0.4) is 0 Å². The summed E-state index contributed by atoms with van der Waals surface area (Å²) in [6.45, 7) is 6.70. The average molecular weight is 296 g/mol. The van der Waals surface area contributed by atoms with Crippen molar-refractivity contribution in [3.8, 4) is 5.75 Å². The molecule has 1 saturated carbocycles. The zero-order valence-corrected chi connectivity index (χ0v) is 13.6. The van der Waals surface area contributed by atoms with Crippen molar-refractivity contribution in [3.63, 3.8) is 0 Å². The van der Waals surface area contributed by atoms with E-state index in [1.807, 2.05) is 11.6 Å². The van der Waals surface area contributed by atoms with Gasteiger partial charge in [0.15, 0.2) is 5.75 Å². The molecule has 1 fully saturated rings. The molecule has 1 N–H and O–H groups in total. The molecule has 21 heavy (non-hydrogen) atoms. The van der Waals surface area contributed by atoms with Crippen LogP contribution in [0.1, 0.15) is 70.7 Å². The van der Waals surface area contributed by atoms with E-state index in [4.69, 9.17) is 9.47 Å². The van der Waals surface area contributed by atoms with Crippen molar-refractivity contribution in [3.05, 3.63) is 11.9 Å². The van der Waals surface area contributed by atoms with Crippen molar-refractivity contribution < 1.29 is 14.6 Å². The summed E-state index contributed by atoms with van der Waals surface area (Å²) in [6.07, 6.45) is 6.13. The Hall–Kier alpha value is -1.07. The fourth-order valence-corrected chi connectivity index (χ4v) is 3.37. The number of aromatic nitrogens is 2. The van der Waals surface area contributed by atoms with Crippen LogP contribution in [0.25, 0.3) is 0 Å². The average Bonchev–Trinajstić information content (AvgIpc) is 2.91. The molecule has 2 rings (SSSR count). The van der Waals surface area contributed by atoms with E-state index in [0.717, 1.165) is 31.4 Å². The van der Waals surface area contributed by atoms with Gasteiger partial charge in [-0.1, -0.05) is 19.3 Å². The van der Waals surface area contributed by atoms with E-state index in [1.54, 1.807) is 13.3 Å². The molecular formula is C16H28N2O3. The topological polar surface area (TPSA) is 56.5 Å². The molecule has 1 heterocycles. The number of rotatable bonds is 6. The first kappa shape index (κ1) is 16.3.